The molecule has 1 aliphatic carbocycles. The molecular formula is C16H21BrClNO2. The van der Waals surface area contributed by atoms with E-state index in [1.807, 2.05) is 6.07 Å². The lowest BCUT2D eigenvalue weighted by molar-refractivity contribution is 0.0934. The minimum Gasteiger partial charge on any atom is -0.395 e. The van der Waals surface area contributed by atoms with Crippen molar-refractivity contribution in [3.05, 3.63) is 33.3 Å². The summed E-state index contributed by atoms with van der Waals surface area (Å²) in [5.74, 6) is 0.0634. The number of benzene rings is 1. The molecule has 1 fully saturated rings. The number of nitrogens with zero attached hydrogens (tertiary/aromatic N) is 1. The molecule has 0 atom stereocenters. The third-order valence-corrected chi connectivity index (χ3v) is 4.89. The van der Waals surface area contributed by atoms with Gasteiger partial charge in [-0.25, -0.2) is 0 Å². The van der Waals surface area contributed by atoms with E-state index in [0.717, 1.165) is 4.47 Å². The minimum atomic E-state index is 0.0634. The van der Waals surface area contributed by atoms with Crippen molar-refractivity contribution < 1.29 is 9.90 Å². The average molecular weight is 375 g/mol. The lowest BCUT2D eigenvalue weighted by Gasteiger charge is -2.27. The Hall–Kier alpha value is -0.420. The predicted molar refractivity (Wildman–Crippen MR) is 89.0 cm³/mol. The van der Waals surface area contributed by atoms with E-state index < -0.39 is 0 Å². The highest BCUT2D eigenvalue weighted by Crippen LogP contribution is 2.25. The number of aliphatic hydroxyl groups is 1. The van der Waals surface area contributed by atoms with Crippen LogP contribution in [0, 0.1) is 0 Å². The molecule has 1 N–H and O–H groups in total. The molecule has 0 amide bonds. The molecule has 1 aromatic carbocycles. The zero-order valence-electron chi connectivity index (χ0n) is 12.0. The number of aliphatic hydroxyl groups excluding tert-OH is 1. The molecule has 1 aliphatic rings. The lowest BCUT2D eigenvalue weighted by atomic mass is 10.1. The van der Waals surface area contributed by atoms with Crippen LogP contribution in [0.2, 0.25) is 5.02 Å². The summed E-state index contributed by atoms with van der Waals surface area (Å²) in [6.45, 7) is 1.48. The summed E-state index contributed by atoms with van der Waals surface area (Å²) in [5.41, 5.74) is 0.579. The van der Waals surface area contributed by atoms with Gasteiger partial charge in [-0.2, -0.15) is 0 Å². The highest BCUT2D eigenvalue weighted by atomic mass is 79.9. The third kappa shape index (κ3) is 4.78. The second kappa shape index (κ2) is 8.28. The SMILES string of the molecule is O=C(CCN(CCO)C1CCCC1)c1ccc(Br)cc1Cl. The Labute approximate surface area is 139 Å². The van der Waals surface area contributed by atoms with E-state index in [1.54, 1.807) is 12.1 Å². The van der Waals surface area contributed by atoms with Crippen molar-refractivity contribution in [3.8, 4) is 0 Å². The fourth-order valence-corrected chi connectivity index (χ4v) is 3.75. The molecule has 0 radical (unpaired) electrons. The van der Waals surface area contributed by atoms with Crippen molar-refractivity contribution in [2.24, 2.45) is 0 Å². The standard InChI is InChI=1S/C16H21BrClNO2/c17-12-5-6-14(15(18)11-12)16(21)7-8-19(9-10-20)13-3-1-2-4-13/h5-6,11,13,20H,1-4,7-10H2. The van der Waals surface area contributed by atoms with Gasteiger partial charge in [0.2, 0.25) is 0 Å². The van der Waals surface area contributed by atoms with E-state index in [9.17, 15) is 9.90 Å². The van der Waals surface area contributed by atoms with Crippen LogP contribution in [0.25, 0.3) is 0 Å². The summed E-state index contributed by atoms with van der Waals surface area (Å²) in [7, 11) is 0. The number of ketones is 1. The number of Topliss-reactive ketones (excluding diaryl/α,β-unsaturated/α-hetero) is 1. The minimum absolute atomic E-state index is 0.0634. The van der Waals surface area contributed by atoms with Crippen molar-refractivity contribution in [2.45, 2.75) is 38.1 Å². The quantitative estimate of drug-likeness (QED) is 0.736. The monoisotopic (exact) mass is 373 g/mol. The van der Waals surface area contributed by atoms with Crippen LogP contribution in [0.4, 0.5) is 0 Å². The molecule has 0 spiro atoms. The summed E-state index contributed by atoms with van der Waals surface area (Å²) in [6.07, 6.45) is 5.29. The van der Waals surface area contributed by atoms with Crippen LogP contribution in [-0.2, 0) is 0 Å². The molecule has 0 aliphatic heterocycles. The zero-order valence-corrected chi connectivity index (χ0v) is 14.4. The smallest absolute Gasteiger partial charge is 0.165 e. The first-order valence-electron chi connectivity index (χ1n) is 7.45. The Balaban J connectivity index is 1.94. The van der Waals surface area contributed by atoms with Gasteiger partial charge in [0.1, 0.15) is 0 Å². The summed E-state index contributed by atoms with van der Waals surface area (Å²) in [5, 5.41) is 9.69. The Morgan fingerprint density at radius 2 is 2.05 bits per heavy atom. The van der Waals surface area contributed by atoms with Crippen molar-refractivity contribution in [1.82, 2.24) is 4.90 Å². The van der Waals surface area contributed by atoms with Crippen LogP contribution in [0.15, 0.2) is 22.7 Å². The fourth-order valence-electron chi connectivity index (χ4n) is 2.97. The highest BCUT2D eigenvalue weighted by Gasteiger charge is 2.23. The lowest BCUT2D eigenvalue weighted by Crippen LogP contribution is -2.37. The first-order chi connectivity index (χ1) is 10.1. The average Bonchev–Trinajstić information content (AvgIpc) is 2.97. The normalized spacial score (nSPS) is 15.8. The van der Waals surface area contributed by atoms with Crippen LogP contribution >= 0.6 is 27.5 Å². The third-order valence-electron chi connectivity index (χ3n) is 4.09. The second-order valence-electron chi connectivity index (χ2n) is 5.50. The van der Waals surface area contributed by atoms with Crippen LogP contribution in [0.5, 0.6) is 0 Å². The van der Waals surface area contributed by atoms with E-state index >= 15 is 0 Å². The molecule has 0 unspecified atom stereocenters. The number of carbonyl (C=O) groups is 1. The van der Waals surface area contributed by atoms with Crippen molar-refractivity contribution in [1.29, 1.82) is 0 Å². The second-order valence-corrected chi connectivity index (χ2v) is 6.82. The van der Waals surface area contributed by atoms with Crippen molar-refractivity contribution in [3.63, 3.8) is 0 Å². The zero-order chi connectivity index (χ0) is 15.2. The predicted octanol–water partition coefficient (Wildman–Crippen LogP) is 3.91. The molecule has 116 valence electrons. The molecule has 0 bridgehead atoms. The molecule has 0 heterocycles. The Bertz CT molecular complexity index is 489. The van der Waals surface area contributed by atoms with Crippen LogP contribution < -0.4 is 0 Å². The van der Waals surface area contributed by atoms with E-state index in [4.69, 9.17) is 11.6 Å². The highest BCUT2D eigenvalue weighted by molar-refractivity contribution is 9.10. The largest absolute Gasteiger partial charge is 0.395 e. The van der Waals surface area contributed by atoms with Gasteiger partial charge in [0, 0.05) is 35.6 Å². The molecule has 1 aromatic rings. The van der Waals surface area contributed by atoms with Gasteiger partial charge in [-0.3, -0.25) is 9.69 Å². The van der Waals surface area contributed by atoms with Crippen molar-refractivity contribution >= 4 is 33.3 Å². The van der Waals surface area contributed by atoms with E-state index in [1.165, 1.54) is 25.7 Å². The summed E-state index contributed by atoms with van der Waals surface area (Å²) in [4.78, 5) is 14.6. The van der Waals surface area contributed by atoms with Gasteiger partial charge >= 0.3 is 0 Å². The van der Waals surface area contributed by atoms with E-state index in [0.29, 0.717) is 36.1 Å². The van der Waals surface area contributed by atoms with Gasteiger partial charge in [0.25, 0.3) is 0 Å². The summed E-state index contributed by atoms with van der Waals surface area (Å²) >= 11 is 9.46. The number of halogens is 2. The van der Waals surface area contributed by atoms with Gasteiger partial charge in [-0.15, -0.1) is 0 Å². The maximum absolute atomic E-state index is 12.3. The molecule has 21 heavy (non-hydrogen) atoms. The van der Waals surface area contributed by atoms with Gasteiger partial charge in [-0.05, 0) is 31.0 Å². The fraction of sp³-hybridized carbons (Fsp3) is 0.562. The van der Waals surface area contributed by atoms with E-state index in [2.05, 4.69) is 20.8 Å². The Morgan fingerprint density at radius 1 is 1.33 bits per heavy atom. The van der Waals surface area contributed by atoms with Crippen LogP contribution in [0.1, 0.15) is 42.5 Å². The Morgan fingerprint density at radius 3 is 2.67 bits per heavy atom. The summed E-state index contributed by atoms with van der Waals surface area (Å²) < 4.78 is 0.872. The summed E-state index contributed by atoms with van der Waals surface area (Å²) in [6, 6.07) is 5.87. The maximum atomic E-state index is 12.3. The number of rotatable bonds is 7. The molecule has 3 nitrogen and oxygen atoms in total. The topological polar surface area (TPSA) is 40.5 Å². The molecule has 0 aromatic heterocycles. The first-order valence-corrected chi connectivity index (χ1v) is 8.62. The molecular weight excluding hydrogens is 354 g/mol. The van der Waals surface area contributed by atoms with Gasteiger partial charge in [0.05, 0.1) is 11.6 Å². The molecule has 2 rings (SSSR count). The van der Waals surface area contributed by atoms with Gasteiger partial charge in [-0.1, -0.05) is 40.4 Å². The molecule has 1 saturated carbocycles. The Kier molecular flexibility index (Phi) is 6.68. The number of hydrogen-bond donors (Lipinski definition) is 1. The van der Waals surface area contributed by atoms with Crippen LogP contribution in [-0.4, -0.2) is 41.5 Å². The molecule has 0 saturated heterocycles. The number of hydrogen-bond acceptors (Lipinski definition) is 3. The number of carbonyl (C=O) groups excluding carboxylic acids is 1. The molecule has 5 heteroatoms. The van der Waals surface area contributed by atoms with Crippen LogP contribution in [0.3, 0.4) is 0 Å². The maximum Gasteiger partial charge on any atom is 0.165 e. The first kappa shape index (κ1) is 16.9. The van der Waals surface area contributed by atoms with Crippen molar-refractivity contribution in [2.75, 3.05) is 19.7 Å². The van der Waals surface area contributed by atoms with Gasteiger partial charge in [0.15, 0.2) is 5.78 Å². The van der Waals surface area contributed by atoms with E-state index in [-0.39, 0.29) is 12.4 Å². The van der Waals surface area contributed by atoms with Gasteiger partial charge < -0.3 is 5.11 Å².